The summed E-state index contributed by atoms with van der Waals surface area (Å²) < 4.78 is 0. The molecule has 0 aliphatic rings. The third-order valence-electron chi connectivity index (χ3n) is 3.94. The van der Waals surface area contributed by atoms with Crippen LogP contribution in [0, 0.1) is 0 Å². The van der Waals surface area contributed by atoms with E-state index in [0.29, 0.717) is 21.7 Å². The van der Waals surface area contributed by atoms with E-state index < -0.39 is 0 Å². The van der Waals surface area contributed by atoms with Crippen molar-refractivity contribution in [1.82, 2.24) is 15.0 Å². The molecule has 5 nitrogen and oxygen atoms in total. The second-order valence-electron chi connectivity index (χ2n) is 5.88. The molecule has 0 saturated heterocycles. The zero-order chi connectivity index (χ0) is 18.6. The monoisotopic (exact) mass is 374 g/mol. The zero-order valence-corrected chi connectivity index (χ0v) is 15.0. The molecule has 4 rings (SSSR count). The number of para-hydroxylation sites is 1. The first kappa shape index (κ1) is 17.0. The average molecular weight is 375 g/mol. The smallest absolute Gasteiger partial charge is 0.248 e. The van der Waals surface area contributed by atoms with E-state index in [2.05, 4.69) is 15.5 Å². The molecule has 0 saturated carbocycles. The summed E-state index contributed by atoms with van der Waals surface area (Å²) in [5.74, 6) is -0.268. The number of amides is 1. The van der Waals surface area contributed by atoms with E-state index in [1.807, 2.05) is 60.7 Å². The fourth-order valence-electron chi connectivity index (χ4n) is 2.62. The Morgan fingerprint density at radius 3 is 2.26 bits per heavy atom. The van der Waals surface area contributed by atoms with Crippen LogP contribution in [0.3, 0.4) is 0 Å². The number of aromatic nitrogens is 3. The van der Waals surface area contributed by atoms with Crippen LogP contribution in [-0.4, -0.2) is 20.9 Å². The third-order valence-corrected chi connectivity index (χ3v) is 4.25. The normalized spacial score (nSPS) is 11.1. The first-order chi connectivity index (χ1) is 13.2. The number of anilines is 1. The summed E-state index contributed by atoms with van der Waals surface area (Å²) in [5.41, 5.74) is 3.58. The van der Waals surface area contributed by atoms with Crippen molar-refractivity contribution in [2.24, 2.45) is 0 Å². The average Bonchev–Trinajstić information content (AvgIpc) is 3.11. The maximum Gasteiger partial charge on any atom is 0.248 e. The van der Waals surface area contributed by atoms with Gasteiger partial charge in [0.25, 0.3) is 0 Å². The Bertz CT molecular complexity index is 1120. The van der Waals surface area contributed by atoms with Gasteiger partial charge < -0.3 is 5.32 Å². The number of fused-ring (bicyclic) bond motifs is 1. The van der Waals surface area contributed by atoms with Gasteiger partial charge in [0.2, 0.25) is 5.91 Å². The number of nitrogens with one attached hydrogen (secondary N) is 1. The van der Waals surface area contributed by atoms with E-state index in [4.69, 9.17) is 11.6 Å². The summed E-state index contributed by atoms with van der Waals surface area (Å²) in [6.45, 7) is 0. The lowest BCUT2D eigenvalue weighted by Crippen LogP contribution is -2.08. The molecule has 0 aliphatic heterocycles. The van der Waals surface area contributed by atoms with E-state index in [-0.39, 0.29) is 5.91 Å². The predicted octanol–water partition coefficient (Wildman–Crippen LogP) is 4.73. The number of hydrogen-bond donors (Lipinski definition) is 1. The second kappa shape index (κ2) is 7.43. The van der Waals surface area contributed by atoms with Crippen LogP contribution < -0.4 is 5.32 Å². The maximum absolute atomic E-state index is 12.2. The molecular weight excluding hydrogens is 360 g/mol. The van der Waals surface area contributed by atoms with E-state index in [0.717, 1.165) is 11.3 Å². The number of carbonyl (C=O) groups excluding carboxylic acids is 1. The standard InChI is InChI=1S/C21H15ClN4O/c22-17-13-19-20(25-26(24-19)16-9-5-2-6-10-16)14-18(17)23-21(27)12-11-15-7-3-1-4-8-15/h1-14H,(H,23,27). The van der Waals surface area contributed by atoms with E-state index in [1.165, 1.54) is 6.08 Å². The number of benzene rings is 3. The Morgan fingerprint density at radius 2 is 1.56 bits per heavy atom. The van der Waals surface area contributed by atoms with Gasteiger partial charge in [0.05, 0.1) is 16.4 Å². The lowest BCUT2D eigenvalue weighted by Gasteiger charge is -2.04. The molecule has 0 spiro atoms. The summed E-state index contributed by atoms with van der Waals surface area (Å²) in [6, 6.07) is 22.6. The van der Waals surface area contributed by atoms with Gasteiger partial charge in [-0.05, 0) is 35.9 Å². The van der Waals surface area contributed by atoms with Crippen molar-refractivity contribution in [1.29, 1.82) is 0 Å². The first-order valence-electron chi connectivity index (χ1n) is 8.35. The van der Waals surface area contributed by atoms with Crippen molar-refractivity contribution in [3.63, 3.8) is 0 Å². The van der Waals surface area contributed by atoms with Crippen LogP contribution in [0.4, 0.5) is 5.69 Å². The summed E-state index contributed by atoms with van der Waals surface area (Å²) in [5, 5.41) is 12.1. The number of nitrogens with zero attached hydrogens (tertiary/aromatic N) is 3. The fourth-order valence-corrected chi connectivity index (χ4v) is 2.83. The van der Waals surface area contributed by atoms with Crippen LogP contribution in [0.25, 0.3) is 22.8 Å². The third kappa shape index (κ3) is 3.88. The lowest BCUT2D eigenvalue weighted by atomic mass is 10.2. The number of rotatable bonds is 4. The maximum atomic E-state index is 12.2. The van der Waals surface area contributed by atoms with Gasteiger partial charge in [-0.2, -0.15) is 4.80 Å². The highest BCUT2D eigenvalue weighted by Crippen LogP contribution is 2.27. The highest BCUT2D eigenvalue weighted by atomic mass is 35.5. The quantitative estimate of drug-likeness (QED) is 0.525. The van der Waals surface area contributed by atoms with Crippen LogP contribution in [0.2, 0.25) is 5.02 Å². The van der Waals surface area contributed by atoms with Crippen molar-refractivity contribution in [2.75, 3.05) is 5.32 Å². The Hall–Kier alpha value is -3.44. The van der Waals surface area contributed by atoms with E-state index in [9.17, 15) is 4.79 Å². The van der Waals surface area contributed by atoms with Gasteiger partial charge in [-0.1, -0.05) is 60.1 Å². The van der Waals surface area contributed by atoms with Gasteiger partial charge in [-0.3, -0.25) is 4.79 Å². The molecule has 0 bridgehead atoms. The number of carbonyl (C=O) groups is 1. The van der Waals surface area contributed by atoms with Gasteiger partial charge >= 0.3 is 0 Å². The molecule has 1 N–H and O–H groups in total. The SMILES string of the molecule is O=C(C=Cc1ccccc1)Nc1cc2nn(-c3ccccc3)nc2cc1Cl. The minimum Gasteiger partial charge on any atom is -0.321 e. The molecule has 0 fully saturated rings. The second-order valence-corrected chi connectivity index (χ2v) is 6.29. The topological polar surface area (TPSA) is 59.8 Å². The lowest BCUT2D eigenvalue weighted by molar-refractivity contribution is -0.111. The Kier molecular flexibility index (Phi) is 4.68. The molecule has 1 aromatic heterocycles. The largest absolute Gasteiger partial charge is 0.321 e. The van der Waals surface area contributed by atoms with Gasteiger partial charge in [0.15, 0.2) is 0 Å². The summed E-state index contributed by atoms with van der Waals surface area (Å²) in [4.78, 5) is 13.7. The van der Waals surface area contributed by atoms with E-state index in [1.54, 1.807) is 23.0 Å². The minimum absolute atomic E-state index is 0.268. The first-order valence-corrected chi connectivity index (χ1v) is 8.73. The fraction of sp³-hybridized carbons (Fsp3) is 0. The Balaban J connectivity index is 1.57. The Morgan fingerprint density at radius 1 is 0.926 bits per heavy atom. The highest BCUT2D eigenvalue weighted by Gasteiger charge is 2.10. The van der Waals surface area contributed by atoms with Crippen LogP contribution in [-0.2, 0) is 4.79 Å². The molecule has 4 aromatic rings. The summed E-state index contributed by atoms with van der Waals surface area (Å²) in [6.07, 6.45) is 3.21. The zero-order valence-electron chi connectivity index (χ0n) is 14.2. The van der Waals surface area contributed by atoms with Crippen molar-refractivity contribution >= 4 is 40.3 Å². The van der Waals surface area contributed by atoms with E-state index >= 15 is 0 Å². The van der Waals surface area contributed by atoms with Crippen molar-refractivity contribution in [2.45, 2.75) is 0 Å². The molecule has 6 heteroatoms. The molecule has 0 unspecified atom stereocenters. The molecule has 1 amide bonds. The highest BCUT2D eigenvalue weighted by molar-refractivity contribution is 6.34. The predicted molar refractivity (Wildman–Crippen MR) is 108 cm³/mol. The van der Waals surface area contributed by atoms with Crippen LogP contribution in [0.5, 0.6) is 0 Å². The molecule has 0 atom stereocenters. The number of hydrogen-bond acceptors (Lipinski definition) is 3. The van der Waals surface area contributed by atoms with Crippen LogP contribution in [0.15, 0.2) is 78.9 Å². The van der Waals surface area contributed by atoms with Crippen molar-refractivity contribution in [3.05, 3.63) is 89.5 Å². The molecule has 132 valence electrons. The molecular formula is C21H15ClN4O. The Labute approximate surface area is 160 Å². The van der Waals surface area contributed by atoms with Gasteiger partial charge in [0.1, 0.15) is 11.0 Å². The molecule has 1 heterocycles. The molecule has 27 heavy (non-hydrogen) atoms. The minimum atomic E-state index is -0.268. The van der Waals surface area contributed by atoms with Crippen LogP contribution >= 0.6 is 11.6 Å². The molecule has 0 aliphatic carbocycles. The van der Waals surface area contributed by atoms with Gasteiger partial charge in [-0.25, -0.2) is 0 Å². The van der Waals surface area contributed by atoms with Crippen LogP contribution in [0.1, 0.15) is 5.56 Å². The number of halogens is 1. The molecule has 3 aromatic carbocycles. The summed E-state index contributed by atoms with van der Waals surface area (Å²) >= 11 is 6.30. The van der Waals surface area contributed by atoms with Crippen molar-refractivity contribution < 1.29 is 4.79 Å². The summed E-state index contributed by atoms with van der Waals surface area (Å²) in [7, 11) is 0. The van der Waals surface area contributed by atoms with Crippen molar-refractivity contribution in [3.8, 4) is 5.69 Å². The van der Waals surface area contributed by atoms with Gasteiger partial charge in [0, 0.05) is 6.08 Å². The molecule has 0 radical (unpaired) electrons. The van der Waals surface area contributed by atoms with Gasteiger partial charge in [-0.15, -0.1) is 10.2 Å².